The number of aromatic amines is 1. The molecule has 1 aromatic heterocycles. The molecule has 0 aliphatic rings. The molecule has 3 aromatic rings. The Morgan fingerprint density at radius 1 is 0.891 bits per heavy atom. The minimum absolute atomic E-state index is 0. The zero-order valence-electron chi connectivity index (χ0n) is 25.5. The van der Waals surface area contributed by atoms with Crippen molar-refractivity contribution in [2.75, 3.05) is 39.8 Å². The van der Waals surface area contributed by atoms with Crippen LogP contribution in [0.15, 0.2) is 60.8 Å². The van der Waals surface area contributed by atoms with Crippen molar-refractivity contribution >= 4 is 84.6 Å². The number of hydrogen-bond acceptors (Lipinski definition) is 5. The Labute approximate surface area is 299 Å². The number of para-hydroxylation sites is 1. The van der Waals surface area contributed by atoms with Gasteiger partial charge in [0.15, 0.2) is 12.0 Å². The van der Waals surface area contributed by atoms with Gasteiger partial charge in [0.25, 0.3) is 0 Å². The summed E-state index contributed by atoms with van der Waals surface area (Å²) in [6, 6.07) is 12.3. The number of rotatable bonds is 15. The molecule has 46 heavy (non-hydrogen) atoms. The van der Waals surface area contributed by atoms with E-state index in [4.69, 9.17) is 17.2 Å². The van der Waals surface area contributed by atoms with Crippen LogP contribution in [-0.2, 0) is 28.6 Å². The van der Waals surface area contributed by atoms with Crippen LogP contribution in [-0.4, -0.2) is 68.0 Å². The van der Waals surface area contributed by atoms with Gasteiger partial charge in [0, 0.05) is 36.5 Å². The smallest absolute Gasteiger partial charge is 0.345 e. The van der Waals surface area contributed by atoms with Crippen molar-refractivity contribution in [1.82, 2.24) is 5.32 Å². The maximum atomic E-state index is 13.5. The van der Waals surface area contributed by atoms with E-state index in [1.807, 2.05) is 30.3 Å². The zero-order chi connectivity index (χ0) is 30.0. The van der Waals surface area contributed by atoms with Gasteiger partial charge in [-0.1, -0.05) is 24.3 Å². The molecule has 8 nitrogen and oxygen atoms in total. The lowest BCUT2D eigenvalue weighted by Crippen LogP contribution is -2.52. The summed E-state index contributed by atoms with van der Waals surface area (Å²) in [7, 11) is 2.06. The Morgan fingerprint density at radius 2 is 1.48 bits per heavy atom. The number of hydrogen-bond donors (Lipinski definition) is 4. The number of halogens is 8. The monoisotopic (exact) mass is 754 g/mol. The molecule has 8 N–H and O–H groups in total. The average Bonchev–Trinajstić information content (AvgIpc) is 2.92. The van der Waals surface area contributed by atoms with Gasteiger partial charge < -0.3 is 27.0 Å². The molecule has 2 aromatic carbocycles. The SMILES string of the molecule is C[N+](CCN)(CCN)CCC[C@H](N)C(=O)N[C@H](Cc1ccc(C(F)(F)F)cc1)C(=O)Cc1c[nH+]c2ccccc2c1.Cl.Cl.Cl.Cl.Cl. The summed E-state index contributed by atoms with van der Waals surface area (Å²) in [4.78, 5) is 29.7. The number of quaternary nitrogens is 1. The molecule has 0 unspecified atom stereocenters. The van der Waals surface area contributed by atoms with Crippen molar-refractivity contribution in [2.24, 2.45) is 17.2 Å². The first-order valence-corrected chi connectivity index (χ1v) is 13.8. The van der Waals surface area contributed by atoms with E-state index < -0.39 is 29.7 Å². The van der Waals surface area contributed by atoms with E-state index >= 15 is 0 Å². The molecular weight excluding hydrogens is 711 g/mol. The number of nitrogens with zero attached hydrogens (tertiary/aromatic N) is 1. The maximum Gasteiger partial charge on any atom is 0.416 e. The summed E-state index contributed by atoms with van der Waals surface area (Å²) < 4.78 is 39.8. The molecule has 1 amide bonds. The summed E-state index contributed by atoms with van der Waals surface area (Å²) in [5.41, 5.74) is 19.1. The summed E-state index contributed by atoms with van der Waals surface area (Å²) >= 11 is 0. The Kier molecular flexibility index (Phi) is 23.8. The van der Waals surface area contributed by atoms with Crippen LogP contribution in [0.3, 0.4) is 0 Å². The normalized spacial score (nSPS) is 12.2. The van der Waals surface area contributed by atoms with Gasteiger partial charge >= 0.3 is 6.18 Å². The summed E-state index contributed by atoms with van der Waals surface area (Å²) in [5.74, 6) is -0.753. The van der Waals surface area contributed by atoms with Gasteiger partial charge in [-0.25, -0.2) is 4.98 Å². The van der Waals surface area contributed by atoms with Crippen molar-refractivity contribution in [1.29, 1.82) is 0 Å². The van der Waals surface area contributed by atoms with Gasteiger partial charge in [-0.15, -0.1) is 62.0 Å². The highest BCUT2D eigenvalue weighted by Crippen LogP contribution is 2.29. The third-order valence-corrected chi connectivity index (χ3v) is 7.41. The molecule has 0 bridgehead atoms. The van der Waals surface area contributed by atoms with Gasteiger partial charge in [0.1, 0.15) is 0 Å². The number of ketones is 1. The minimum Gasteiger partial charge on any atom is -0.345 e. The number of Topliss-reactive ketones (excluding diaryl/α,β-unsaturated/α-hetero) is 1. The van der Waals surface area contributed by atoms with E-state index in [9.17, 15) is 22.8 Å². The molecule has 3 rings (SSSR count). The third kappa shape index (κ3) is 14.9. The van der Waals surface area contributed by atoms with Crippen LogP contribution >= 0.6 is 62.0 Å². The number of nitrogens with two attached hydrogens (primary N) is 3. The van der Waals surface area contributed by atoms with Crippen LogP contribution < -0.4 is 27.5 Å². The molecule has 0 radical (unpaired) electrons. The molecule has 1 heterocycles. The van der Waals surface area contributed by atoms with E-state index in [1.54, 1.807) is 6.20 Å². The number of likely N-dealkylation sites (N-methyl/N-ethyl adjacent to an activating group) is 1. The Balaban J connectivity index is -0.00000370. The van der Waals surface area contributed by atoms with Gasteiger partial charge in [0.05, 0.1) is 44.3 Å². The number of fused-ring (bicyclic) bond motifs is 1. The van der Waals surface area contributed by atoms with E-state index in [1.165, 1.54) is 12.1 Å². The largest absolute Gasteiger partial charge is 0.416 e. The molecule has 2 atom stereocenters. The number of carbonyl (C=O) groups excluding carboxylic acids is 2. The summed E-state index contributed by atoms with van der Waals surface area (Å²) in [6.07, 6.45) is -1.61. The molecule has 0 saturated carbocycles. The highest BCUT2D eigenvalue weighted by molar-refractivity contribution is 5.92. The van der Waals surface area contributed by atoms with E-state index in [0.717, 1.165) is 48.2 Å². The third-order valence-electron chi connectivity index (χ3n) is 7.41. The molecule has 16 heteroatoms. The summed E-state index contributed by atoms with van der Waals surface area (Å²) in [5, 5.41) is 3.70. The number of H-pyrrole nitrogens is 1. The fourth-order valence-electron chi connectivity index (χ4n) is 4.97. The molecule has 0 spiro atoms. The fraction of sp³-hybridized carbons (Fsp3) is 0.433. The first-order chi connectivity index (χ1) is 19.4. The van der Waals surface area contributed by atoms with Gasteiger partial charge in [0.2, 0.25) is 11.4 Å². The van der Waals surface area contributed by atoms with Gasteiger partial charge in [-0.3, -0.25) is 9.59 Å². The number of aromatic nitrogens is 1. The topological polar surface area (TPSA) is 138 Å². The van der Waals surface area contributed by atoms with Crippen molar-refractivity contribution in [3.8, 4) is 0 Å². The first-order valence-electron chi connectivity index (χ1n) is 13.8. The van der Waals surface area contributed by atoms with Gasteiger partial charge in [-0.2, -0.15) is 13.2 Å². The van der Waals surface area contributed by atoms with Crippen LogP contribution in [0.25, 0.3) is 10.9 Å². The van der Waals surface area contributed by atoms with Crippen molar-refractivity contribution < 1.29 is 32.2 Å². The maximum absolute atomic E-state index is 13.5. The van der Waals surface area contributed by atoms with Crippen molar-refractivity contribution in [3.05, 3.63) is 77.5 Å². The van der Waals surface area contributed by atoms with Crippen molar-refractivity contribution in [2.45, 2.75) is 43.9 Å². The van der Waals surface area contributed by atoms with Crippen LogP contribution in [0, 0.1) is 0 Å². The minimum atomic E-state index is -4.47. The lowest BCUT2D eigenvalue weighted by molar-refractivity contribution is -0.907. The number of nitrogens with one attached hydrogen (secondary N) is 2. The number of alkyl halides is 3. The van der Waals surface area contributed by atoms with E-state index in [0.29, 0.717) is 36.0 Å². The molecule has 0 fully saturated rings. The molecular formula is C30H46Cl5F3N6O2+2. The Hall–Kier alpha value is -1.93. The summed E-state index contributed by atoms with van der Waals surface area (Å²) in [6.45, 7) is 3.31. The van der Waals surface area contributed by atoms with E-state index in [-0.39, 0.29) is 80.7 Å². The predicted molar refractivity (Wildman–Crippen MR) is 189 cm³/mol. The number of benzene rings is 2. The first kappa shape index (κ1) is 48.5. The van der Waals surface area contributed by atoms with E-state index in [2.05, 4.69) is 17.3 Å². The quantitative estimate of drug-likeness (QED) is 0.173. The predicted octanol–water partition coefficient (Wildman–Crippen LogP) is 4.09. The second-order valence-electron chi connectivity index (χ2n) is 10.8. The molecule has 0 aliphatic carbocycles. The van der Waals surface area contributed by atoms with Crippen molar-refractivity contribution in [3.63, 3.8) is 0 Å². The van der Waals surface area contributed by atoms with Crippen LogP contribution in [0.5, 0.6) is 0 Å². The molecule has 262 valence electrons. The highest BCUT2D eigenvalue weighted by Gasteiger charge is 2.31. The molecule has 0 aliphatic heterocycles. The van der Waals surface area contributed by atoms with Crippen LogP contribution in [0.2, 0.25) is 0 Å². The zero-order valence-corrected chi connectivity index (χ0v) is 29.5. The van der Waals surface area contributed by atoms with Gasteiger partial charge in [-0.05, 0) is 49.1 Å². The number of pyridine rings is 1. The lowest BCUT2D eigenvalue weighted by atomic mass is 9.96. The lowest BCUT2D eigenvalue weighted by Gasteiger charge is -2.34. The second-order valence-corrected chi connectivity index (χ2v) is 10.8. The highest BCUT2D eigenvalue weighted by atomic mass is 35.5. The fourth-order valence-corrected chi connectivity index (χ4v) is 4.97. The Morgan fingerprint density at radius 3 is 2.04 bits per heavy atom. The average molecular weight is 757 g/mol. The Bertz CT molecular complexity index is 1320. The van der Waals surface area contributed by atoms with Crippen LogP contribution in [0.4, 0.5) is 13.2 Å². The number of amides is 1. The standard InChI is InChI=1S/C30H39F3N6O2.5ClH/c1-39(15-12-34,16-13-35)14-4-6-25(36)29(41)38-27(18-21-8-10-24(11-9-21)30(31,32)33)28(40)19-22-17-23-5-2-3-7-26(23)37-20-22;;;;;/h2-3,5,7-11,17,20,25,27H,4,6,12-16,18-19,34-36H2,1H3;5*1H/p+2/t25-,27+;;;;;/m0...../s1. The second kappa shape index (κ2) is 22.6. The number of carbonyl (C=O) groups is 2. The molecule has 0 saturated heterocycles. The van der Waals surface area contributed by atoms with Crippen LogP contribution in [0.1, 0.15) is 29.5 Å².